The first-order valence-electron chi connectivity index (χ1n) is 6.21. The third-order valence-electron chi connectivity index (χ3n) is 2.84. The monoisotopic (exact) mass is 316 g/mol. The van der Waals surface area contributed by atoms with Gasteiger partial charge in [-0.2, -0.15) is 4.31 Å². The number of hydrogen-bond acceptors (Lipinski definition) is 4. The number of rotatable bonds is 7. The van der Waals surface area contributed by atoms with Gasteiger partial charge in [0.1, 0.15) is 4.99 Å². The number of benzene rings is 1. The van der Waals surface area contributed by atoms with Gasteiger partial charge in [-0.1, -0.05) is 24.4 Å². The molecule has 0 aromatic heterocycles. The lowest BCUT2D eigenvalue weighted by molar-refractivity contribution is 0.171. The Labute approximate surface area is 125 Å². The van der Waals surface area contributed by atoms with Crippen LogP contribution in [0.2, 0.25) is 0 Å². The highest BCUT2D eigenvalue weighted by Crippen LogP contribution is 2.18. The second kappa shape index (κ2) is 7.12. The second-order valence-corrected chi connectivity index (χ2v) is 6.92. The van der Waals surface area contributed by atoms with Gasteiger partial charge in [-0.05, 0) is 26.0 Å². The molecule has 2 N–H and O–H groups in total. The quantitative estimate of drug-likeness (QED) is 0.769. The van der Waals surface area contributed by atoms with E-state index in [2.05, 4.69) is 0 Å². The number of ether oxygens (including phenoxy) is 1. The molecular weight excluding hydrogens is 296 g/mol. The van der Waals surface area contributed by atoms with E-state index >= 15 is 0 Å². The molecule has 1 aromatic carbocycles. The molecule has 0 saturated carbocycles. The van der Waals surface area contributed by atoms with Crippen molar-refractivity contribution in [2.24, 2.45) is 5.73 Å². The highest BCUT2D eigenvalue weighted by molar-refractivity contribution is 7.89. The van der Waals surface area contributed by atoms with Gasteiger partial charge in [-0.3, -0.25) is 0 Å². The van der Waals surface area contributed by atoms with E-state index in [-0.39, 0.29) is 15.9 Å². The molecule has 0 aliphatic heterocycles. The molecule has 0 aliphatic carbocycles. The molecule has 7 heteroatoms. The van der Waals surface area contributed by atoms with Crippen molar-refractivity contribution in [3.8, 4) is 0 Å². The van der Waals surface area contributed by atoms with Gasteiger partial charge in [-0.15, -0.1) is 0 Å². The standard InChI is InChI=1S/C13H20N2O3S2/c1-10(2)15(8-9-18-3)20(16,17)12-6-4-11(5-7-12)13(14)19/h4-7,10H,8-9H2,1-3H3,(H2,14,19). The Kier molecular flexibility index (Phi) is 6.07. The summed E-state index contributed by atoms with van der Waals surface area (Å²) in [5.74, 6) is 0. The first-order chi connectivity index (χ1) is 9.30. The van der Waals surface area contributed by atoms with Crippen LogP contribution in [0.3, 0.4) is 0 Å². The lowest BCUT2D eigenvalue weighted by Gasteiger charge is -2.25. The minimum absolute atomic E-state index is 0.148. The molecular formula is C13H20N2O3S2. The number of hydrogen-bond donors (Lipinski definition) is 1. The Morgan fingerprint density at radius 1 is 1.35 bits per heavy atom. The zero-order valence-corrected chi connectivity index (χ0v) is 13.5. The summed E-state index contributed by atoms with van der Waals surface area (Å²) in [6.45, 7) is 4.32. The fourth-order valence-corrected chi connectivity index (χ4v) is 3.52. The Bertz CT molecular complexity index is 553. The van der Waals surface area contributed by atoms with Crippen molar-refractivity contribution in [1.82, 2.24) is 4.31 Å². The molecule has 1 aromatic rings. The SMILES string of the molecule is COCCN(C(C)C)S(=O)(=O)c1ccc(C(N)=S)cc1. The predicted molar refractivity (Wildman–Crippen MR) is 83.2 cm³/mol. The van der Waals surface area contributed by atoms with E-state index < -0.39 is 10.0 Å². The molecule has 1 rings (SSSR count). The van der Waals surface area contributed by atoms with Crippen LogP contribution < -0.4 is 5.73 Å². The lowest BCUT2D eigenvalue weighted by Crippen LogP contribution is -2.39. The van der Waals surface area contributed by atoms with Crippen LogP contribution in [-0.2, 0) is 14.8 Å². The van der Waals surface area contributed by atoms with Crippen molar-refractivity contribution in [3.05, 3.63) is 29.8 Å². The Hall–Kier alpha value is -1.02. The van der Waals surface area contributed by atoms with E-state index in [0.717, 1.165) is 0 Å². The third kappa shape index (κ3) is 3.99. The maximum absolute atomic E-state index is 12.6. The number of nitrogens with two attached hydrogens (primary N) is 1. The highest BCUT2D eigenvalue weighted by atomic mass is 32.2. The maximum Gasteiger partial charge on any atom is 0.243 e. The van der Waals surface area contributed by atoms with E-state index in [1.165, 1.54) is 16.4 Å². The normalized spacial score (nSPS) is 12.1. The molecule has 0 fully saturated rings. The minimum atomic E-state index is -3.55. The van der Waals surface area contributed by atoms with Crippen molar-refractivity contribution in [2.45, 2.75) is 24.8 Å². The lowest BCUT2D eigenvalue weighted by atomic mass is 10.2. The van der Waals surface area contributed by atoms with Crippen molar-refractivity contribution >= 4 is 27.2 Å². The van der Waals surface area contributed by atoms with Gasteiger partial charge >= 0.3 is 0 Å². The van der Waals surface area contributed by atoms with E-state index in [9.17, 15) is 8.42 Å². The molecule has 0 bridgehead atoms. The molecule has 0 radical (unpaired) electrons. The van der Waals surface area contributed by atoms with Gasteiger partial charge in [0.15, 0.2) is 0 Å². The number of thiocarbonyl (C=S) groups is 1. The summed E-state index contributed by atoms with van der Waals surface area (Å²) in [4.78, 5) is 0.469. The van der Waals surface area contributed by atoms with E-state index in [1.807, 2.05) is 13.8 Å². The van der Waals surface area contributed by atoms with E-state index in [0.29, 0.717) is 18.7 Å². The molecule has 0 saturated heterocycles. The van der Waals surface area contributed by atoms with Crippen molar-refractivity contribution < 1.29 is 13.2 Å². The van der Waals surface area contributed by atoms with Crippen LogP contribution in [0, 0.1) is 0 Å². The Morgan fingerprint density at radius 3 is 2.30 bits per heavy atom. The molecule has 0 unspecified atom stereocenters. The van der Waals surface area contributed by atoms with Crippen LogP contribution in [0.4, 0.5) is 0 Å². The van der Waals surface area contributed by atoms with Crippen LogP contribution in [0.1, 0.15) is 19.4 Å². The first kappa shape index (κ1) is 17.0. The summed E-state index contributed by atoms with van der Waals surface area (Å²) in [7, 11) is -2.00. The average Bonchev–Trinajstić information content (AvgIpc) is 2.38. The topological polar surface area (TPSA) is 72.6 Å². The minimum Gasteiger partial charge on any atom is -0.389 e. The number of sulfonamides is 1. The molecule has 20 heavy (non-hydrogen) atoms. The molecule has 0 aliphatic rings. The molecule has 0 heterocycles. The highest BCUT2D eigenvalue weighted by Gasteiger charge is 2.26. The van der Waals surface area contributed by atoms with E-state index in [1.54, 1.807) is 19.2 Å². The van der Waals surface area contributed by atoms with Gasteiger partial charge in [0.25, 0.3) is 0 Å². The number of methoxy groups -OCH3 is 1. The van der Waals surface area contributed by atoms with Crippen LogP contribution >= 0.6 is 12.2 Å². The average molecular weight is 316 g/mol. The summed E-state index contributed by atoms with van der Waals surface area (Å²) in [5.41, 5.74) is 6.15. The Balaban J connectivity index is 3.09. The van der Waals surface area contributed by atoms with Gasteiger partial charge in [0.05, 0.1) is 11.5 Å². The van der Waals surface area contributed by atoms with E-state index in [4.69, 9.17) is 22.7 Å². The summed E-state index contributed by atoms with van der Waals surface area (Å²) in [5, 5.41) is 0. The first-order valence-corrected chi connectivity index (χ1v) is 8.06. The van der Waals surface area contributed by atoms with Crippen LogP contribution in [0.25, 0.3) is 0 Å². The summed E-state index contributed by atoms with van der Waals surface area (Å²) in [6, 6.07) is 6.12. The Morgan fingerprint density at radius 2 is 1.90 bits per heavy atom. The molecule has 0 atom stereocenters. The maximum atomic E-state index is 12.6. The third-order valence-corrected chi connectivity index (χ3v) is 5.16. The second-order valence-electron chi connectivity index (χ2n) is 4.59. The van der Waals surface area contributed by atoms with Gasteiger partial charge in [-0.25, -0.2) is 8.42 Å². The van der Waals surface area contributed by atoms with Crippen molar-refractivity contribution in [3.63, 3.8) is 0 Å². The fraction of sp³-hybridized carbons (Fsp3) is 0.462. The molecule has 5 nitrogen and oxygen atoms in total. The largest absolute Gasteiger partial charge is 0.389 e. The molecule has 0 spiro atoms. The number of nitrogens with zero attached hydrogens (tertiary/aromatic N) is 1. The van der Waals surface area contributed by atoms with Crippen LogP contribution in [0.5, 0.6) is 0 Å². The zero-order chi connectivity index (χ0) is 15.3. The molecule has 0 amide bonds. The van der Waals surface area contributed by atoms with Gasteiger partial charge < -0.3 is 10.5 Å². The summed E-state index contributed by atoms with van der Waals surface area (Å²) >= 11 is 4.85. The molecule has 112 valence electrons. The van der Waals surface area contributed by atoms with Gasteiger partial charge in [0.2, 0.25) is 10.0 Å². The van der Waals surface area contributed by atoms with Crippen LogP contribution in [-0.4, -0.2) is 44.0 Å². The van der Waals surface area contributed by atoms with Crippen LogP contribution in [0.15, 0.2) is 29.2 Å². The van der Waals surface area contributed by atoms with Crippen molar-refractivity contribution in [2.75, 3.05) is 20.3 Å². The smallest absolute Gasteiger partial charge is 0.243 e. The summed E-state index contributed by atoms with van der Waals surface area (Å²) in [6.07, 6.45) is 0. The predicted octanol–water partition coefficient (Wildman–Crippen LogP) is 1.37. The van der Waals surface area contributed by atoms with Crippen molar-refractivity contribution in [1.29, 1.82) is 0 Å². The zero-order valence-electron chi connectivity index (χ0n) is 11.9. The van der Waals surface area contributed by atoms with Gasteiger partial charge in [0, 0.05) is 25.3 Å². The summed E-state index contributed by atoms with van der Waals surface area (Å²) < 4.78 is 31.5. The fourth-order valence-electron chi connectivity index (χ4n) is 1.76.